The molecule has 90 valence electrons. The Hall–Kier alpha value is 0.0187. The van der Waals surface area contributed by atoms with Crippen molar-refractivity contribution in [1.29, 1.82) is 0 Å². The van der Waals surface area contributed by atoms with Crippen molar-refractivity contribution in [2.24, 2.45) is 0 Å². The molecule has 0 unspecified atom stereocenters. The molecule has 1 rings (SSSR count). The fraction of sp³-hybridized carbons (Fsp3) is 0.600. The summed E-state index contributed by atoms with van der Waals surface area (Å²) >= 11 is 0.149. The molecule has 0 aliphatic rings. The van der Waals surface area contributed by atoms with Crippen molar-refractivity contribution in [2.75, 3.05) is 0 Å². The molecule has 0 spiro atoms. The monoisotopic (exact) mass is 326 g/mol. The molecule has 0 aliphatic heterocycles. The van der Waals surface area contributed by atoms with Crippen LogP contribution < -0.4 is 0 Å². The molecule has 0 atom stereocenters. The molecule has 0 aromatic heterocycles. The van der Waals surface area contributed by atoms with Crippen molar-refractivity contribution in [3.05, 3.63) is 35.9 Å². The second-order valence-electron chi connectivity index (χ2n) is 4.11. The summed E-state index contributed by atoms with van der Waals surface area (Å²) in [6, 6.07) is 10.3. The number of unbranched alkanes of at least 4 members (excludes halogenated alkanes) is 2. The number of benzene rings is 1. The molecule has 0 saturated carbocycles. The largest absolute Gasteiger partial charge is 0.0622 e. The minimum Gasteiger partial charge on any atom is -0.0622 e. The van der Waals surface area contributed by atoms with Gasteiger partial charge in [-0.15, -0.1) is 0 Å². The summed E-state index contributed by atoms with van der Waals surface area (Å²) in [7, 11) is 0. The van der Waals surface area contributed by atoms with Crippen molar-refractivity contribution in [3.8, 4) is 0 Å². The predicted octanol–water partition coefficient (Wildman–Crippen LogP) is 5.12. The Morgan fingerprint density at radius 3 is 1.69 bits per heavy atom. The van der Waals surface area contributed by atoms with Gasteiger partial charge in [-0.2, -0.15) is 0 Å². The molecule has 0 fully saturated rings. The van der Waals surface area contributed by atoms with Crippen molar-refractivity contribution >= 4 is 21.1 Å². The molecule has 16 heavy (non-hydrogen) atoms. The number of aryl methyl sites for hydroxylation is 1. The predicted molar refractivity (Wildman–Crippen MR) is 76.4 cm³/mol. The minimum absolute atomic E-state index is 0.149. The third kappa shape index (κ3) is 12.1. The molecule has 0 heterocycles. The molecule has 2 radical (unpaired) electrons. The van der Waals surface area contributed by atoms with E-state index in [9.17, 15) is 0 Å². The van der Waals surface area contributed by atoms with Gasteiger partial charge >= 0.3 is 69.5 Å². The van der Waals surface area contributed by atoms with Gasteiger partial charge in [0.15, 0.2) is 0 Å². The van der Waals surface area contributed by atoms with Crippen molar-refractivity contribution in [3.63, 3.8) is 0 Å². The summed E-state index contributed by atoms with van der Waals surface area (Å²) in [6.45, 7) is 6.67. The third-order valence-corrected chi connectivity index (χ3v) is 6.39. The molecule has 0 N–H and O–H groups in total. The van der Waals surface area contributed by atoms with Gasteiger partial charge in [0.05, 0.1) is 0 Å². The Labute approximate surface area is 112 Å². The fourth-order valence-electron chi connectivity index (χ4n) is 1.26. The van der Waals surface area contributed by atoms with Crippen LogP contribution in [0.2, 0.25) is 8.87 Å². The Balaban J connectivity index is 0.000000288. The summed E-state index contributed by atoms with van der Waals surface area (Å²) in [5.41, 5.74) is 1.32. The third-order valence-electron chi connectivity index (χ3n) is 2.35. The summed E-state index contributed by atoms with van der Waals surface area (Å²) < 4.78 is 3.25. The van der Waals surface area contributed by atoms with Gasteiger partial charge in [0.25, 0.3) is 0 Å². The van der Waals surface area contributed by atoms with E-state index < -0.39 is 0 Å². The summed E-state index contributed by atoms with van der Waals surface area (Å²) in [5, 5.41) is 0. The molecule has 0 nitrogen and oxygen atoms in total. The Morgan fingerprint density at radius 1 is 0.875 bits per heavy atom. The molecule has 0 bridgehead atoms. The minimum atomic E-state index is 0.149. The average molecular weight is 325 g/mol. The molecule has 1 aromatic rings. The van der Waals surface area contributed by atoms with Crippen LogP contribution in [-0.4, -0.2) is 21.1 Å². The first-order chi connectivity index (χ1) is 7.81. The first-order valence-electron chi connectivity index (χ1n) is 6.53. The van der Waals surface area contributed by atoms with E-state index in [0.717, 1.165) is 0 Å². The molecular formula is C15H26Sn. The standard InChI is InChI=1S/C7H8.2C4H9.Sn/c1-7-5-3-2-4-6-7;2*1-3-4-2;/h2-6H,1H3;2*1,3-4H2,2H3;. The molecule has 0 saturated heterocycles. The van der Waals surface area contributed by atoms with Gasteiger partial charge in [0, 0.05) is 0 Å². The fourth-order valence-corrected chi connectivity index (χ4v) is 5.42. The van der Waals surface area contributed by atoms with Crippen molar-refractivity contribution < 1.29 is 0 Å². The van der Waals surface area contributed by atoms with Crippen LogP contribution in [0.3, 0.4) is 0 Å². The molecule has 1 aromatic carbocycles. The molecular weight excluding hydrogens is 299 g/mol. The Bertz CT molecular complexity index is 212. The van der Waals surface area contributed by atoms with E-state index >= 15 is 0 Å². The maximum atomic E-state index is 2.29. The zero-order valence-electron chi connectivity index (χ0n) is 11.1. The van der Waals surface area contributed by atoms with Crippen LogP contribution in [0, 0.1) is 6.92 Å². The van der Waals surface area contributed by atoms with Crippen LogP contribution in [0.25, 0.3) is 0 Å². The SMILES string of the molecule is CCC[CH2][Sn][CH2]CCC.Cc1ccccc1. The van der Waals surface area contributed by atoms with Gasteiger partial charge in [-0.1, -0.05) is 35.9 Å². The van der Waals surface area contributed by atoms with Crippen LogP contribution >= 0.6 is 0 Å². The second kappa shape index (κ2) is 13.1. The molecule has 0 aliphatic carbocycles. The summed E-state index contributed by atoms with van der Waals surface area (Å²) in [4.78, 5) is 0. The van der Waals surface area contributed by atoms with Gasteiger partial charge in [-0.3, -0.25) is 0 Å². The maximum Gasteiger partial charge on any atom is -0.0398 e. The normalized spacial score (nSPS) is 9.44. The topological polar surface area (TPSA) is 0 Å². The van der Waals surface area contributed by atoms with E-state index in [4.69, 9.17) is 0 Å². The second-order valence-corrected chi connectivity index (χ2v) is 8.39. The van der Waals surface area contributed by atoms with Gasteiger partial charge in [0.1, 0.15) is 0 Å². The van der Waals surface area contributed by atoms with Crippen LogP contribution in [-0.2, 0) is 0 Å². The van der Waals surface area contributed by atoms with E-state index in [1.54, 1.807) is 8.87 Å². The van der Waals surface area contributed by atoms with Crippen molar-refractivity contribution in [1.82, 2.24) is 0 Å². The quantitative estimate of drug-likeness (QED) is 0.503. The first kappa shape index (κ1) is 16.0. The van der Waals surface area contributed by atoms with Crippen LogP contribution in [0.4, 0.5) is 0 Å². The first-order valence-corrected chi connectivity index (χ1v) is 10.6. The van der Waals surface area contributed by atoms with Crippen LogP contribution in [0.1, 0.15) is 45.1 Å². The zero-order chi connectivity index (χ0) is 12.1. The van der Waals surface area contributed by atoms with Gasteiger partial charge < -0.3 is 0 Å². The van der Waals surface area contributed by atoms with Crippen LogP contribution in [0.15, 0.2) is 30.3 Å². The smallest absolute Gasteiger partial charge is 0.0398 e. The maximum absolute atomic E-state index is 2.29. The number of hydrogen-bond acceptors (Lipinski definition) is 0. The van der Waals surface area contributed by atoms with E-state index in [2.05, 4.69) is 32.9 Å². The van der Waals surface area contributed by atoms with Gasteiger partial charge in [-0.25, -0.2) is 0 Å². The Morgan fingerprint density at radius 2 is 1.38 bits per heavy atom. The summed E-state index contributed by atoms with van der Waals surface area (Å²) in [5.74, 6) is 0. The molecule has 1 heteroatoms. The van der Waals surface area contributed by atoms with Gasteiger partial charge in [-0.05, 0) is 6.92 Å². The van der Waals surface area contributed by atoms with Crippen molar-refractivity contribution in [2.45, 2.75) is 55.3 Å². The van der Waals surface area contributed by atoms with E-state index in [-0.39, 0.29) is 21.1 Å². The van der Waals surface area contributed by atoms with E-state index in [1.807, 2.05) is 18.2 Å². The average Bonchev–Trinajstić information content (AvgIpc) is 2.31. The van der Waals surface area contributed by atoms with Crippen LogP contribution in [0.5, 0.6) is 0 Å². The number of rotatable bonds is 6. The summed E-state index contributed by atoms with van der Waals surface area (Å²) in [6.07, 6.45) is 5.84. The van der Waals surface area contributed by atoms with E-state index in [0.29, 0.717) is 0 Å². The van der Waals surface area contributed by atoms with E-state index in [1.165, 1.54) is 31.2 Å². The zero-order valence-corrected chi connectivity index (χ0v) is 14.0. The van der Waals surface area contributed by atoms with Gasteiger partial charge in [0.2, 0.25) is 0 Å². The Kier molecular flexibility index (Phi) is 13.1. The number of hydrogen-bond donors (Lipinski definition) is 0. The molecule has 0 amide bonds.